The lowest BCUT2D eigenvalue weighted by molar-refractivity contribution is 0.407. The van der Waals surface area contributed by atoms with Gasteiger partial charge < -0.3 is 4.74 Å². The molecule has 0 spiro atoms. The number of benzene rings is 2. The molecule has 0 aliphatic heterocycles. The zero-order chi connectivity index (χ0) is 14.7. The van der Waals surface area contributed by atoms with Crippen LogP contribution in [0.5, 0.6) is 5.75 Å². The molecule has 0 amide bonds. The molecule has 0 aromatic heterocycles. The average molecular weight is 268 g/mol. The van der Waals surface area contributed by atoms with Gasteiger partial charge in [-0.15, -0.1) is 0 Å². The summed E-state index contributed by atoms with van der Waals surface area (Å²) in [5.41, 5.74) is 8.18. The highest BCUT2D eigenvalue weighted by Gasteiger charge is 2.14. The Morgan fingerprint density at radius 1 is 0.750 bits per heavy atom. The molecule has 0 unspecified atom stereocenters. The maximum absolute atomic E-state index is 5.56. The smallest absolute Gasteiger partial charge is 0.125 e. The Morgan fingerprint density at radius 3 is 1.80 bits per heavy atom. The second-order valence-electron chi connectivity index (χ2n) is 5.50. The Balaban J connectivity index is 2.33. The topological polar surface area (TPSA) is 9.23 Å². The third-order valence-electron chi connectivity index (χ3n) is 4.42. The van der Waals surface area contributed by atoms with Crippen LogP contribution in [0, 0.1) is 27.7 Å². The van der Waals surface area contributed by atoms with Gasteiger partial charge >= 0.3 is 0 Å². The predicted octanol–water partition coefficient (Wildman–Crippen LogP) is 4.71. The standard InChI is InChI=1S/C19H24O/c1-13-15(3)19(20-5)16(4)14(2)18(13)12-11-17-9-7-6-8-10-17/h6-10H,11-12H2,1-5H3. The van der Waals surface area contributed by atoms with Gasteiger partial charge in [-0.3, -0.25) is 0 Å². The molecule has 0 aliphatic carbocycles. The van der Waals surface area contributed by atoms with Crippen LogP contribution in [0.1, 0.15) is 33.4 Å². The van der Waals surface area contributed by atoms with Crippen molar-refractivity contribution in [2.24, 2.45) is 0 Å². The minimum absolute atomic E-state index is 1.04. The summed E-state index contributed by atoms with van der Waals surface area (Å²) in [6.45, 7) is 8.74. The molecule has 106 valence electrons. The Bertz CT molecular complexity index is 568. The first-order chi connectivity index (χ1) is 9.56. The van der Waals surface area contributed by atoms with Gasteiger partial charge in [0.25, 0.3) is 0 Å². The molecule has 1 nitrogen and oxygen atoms in total. The molecule has 2 aromatic carbocycles. The van der Waals surface area contributed by atoms with Crippen molar-refractivity contribution in [2.45, 2.75) is 40.5 Å². The second kappa shape index (κ2) is 6.13. The summed E-state index contributed by atoms with van der Waals surface area (Å²) in [6.07, 6.45) is 2.18. The maximum Gasteiger partial charge on any atom is 0.125 e. The summed E-state index contributed by atoms with van der Waals surface area (Å²) in [4.78, 5) is 0. The number of methoxy groups -OCH3 is 1. The molecule has 2 rings (SSSR count). The van der Waals surface area contributed by atoms with Gasteiger partial charge in [0.1, 0.15) is 5.75 Å². The number of aryl methyl sites for hydroxylation is 1. The summed E-state index contributed by atoms with van der Waals surface area (Å²) in [5, 5.41) is 0. The number of hydrogen-bond acceptors (Lipinski definition) is 1. The fourth-order valence-corrected chi connectivity index (χ4v) is 2.95. The first-order valence-electron chi connectivity index (χ1n) is 7.23. The van der Waals surface area contributed by atoms with Crippen molar-refractivity contribution in [2.75, 3.05) is 7.11 Å². The van der Waals surface area contributed by atoms with Gasteiger partial charge in [-0.05, 0) is 73.9 Å². The third-order valence-corrected chi connectivity index (χ3v) is 4.42. The summed E-state index contributed by atoms with van der Waals surface area (Å²) in [5.74, 6) is 1.04. The van der Waals surface area contributed by atoms with E-state index in [-0.39, 0.29) is 0 Å². The third kappa shape index (κ3) is 2.72. The highest BCUT2D eigenvalue weighted by Crippen LogP contribution is 2.32. The van der Waals surface area contributed by atoms with Gasteiger partial charge in [0.05, 0.1) is 7.11 Å². The van der Waals surface area contributed by atoms with Crippen molar-refractivity contribution < 1.29 is 4.74 Å². The maximum atomic E-state index is 5.56. The van der Waals surface area contributed by atoms with E-state index in [1.165, 1.54) is 33.4 Å². The quantitative estimate of drug-likeness (QED) is 0.780. The van der Waals surface area contributed by atoms with E-state index in [9.17, 15) is 0 Å². The lowest BCUT2D eigenvalue weighted by Crippen LogP contribution is -2.04. The molecule has 0 N–H and O–H groups in total. The zero-order valence-corrected chi connectivity index (χ0v) is 13.2. The Labute approximate surface area is 122 Å². The minimum atomic E-state index is 1.04. The van der Waals surface area contributed by atoms with Crippen LogP contribution in [0.15, 0.2) is 30.3 Å². The second-order valence-corrected chi connectivity index (χ2v) is 5.50. The van der Waals surface area contributed by atoms with Crippen LogP contribution >= 0.6 is 0 Å². The highest BCUT2D eigenvalue weighted by atomic mass is 16.5. The van der Waals surface area contributed by atoms with Crippen LogP contribution in [0.3, 0.4) is 0 Å². The van der Waals surface area contributed by atoms with Crippen molar-refractivity contribution in [3.8, 4) is 5.75 Å². The first kappa shape index (κ1) is 14.6. The van der Waals surface area contributed by atoms with Crippen molar-refractivity contribution in [1.29, 1.82) is 0 Å². The largest absolute Gasteiger partial charge is 0.496 e. The SMILES string of the molecule is COc1c(C)c(C)c(CCc2ccccc2)c(C)c1C. The molecule has 0 heterocycles. The molecule has 0 fully saturated rings. The molecular formula is C19H24O. The van der Waals surface area contributed by atoms with E-state index in [0.717, 1.165) is 18.6 Å². The lowest BCUT2D eigenvalue weighted by Gasteiger charge is -2.19. The monoisotopic (exact) mass is 268 g/mol. The van der Waals surface area contributed by atoms with E-state index in [0.29, 0.717) is 0 Å². The van der Waals surface area contributed by atoms with Gasteiger partial charge in [0, 0.05) is 0 Å². The van der Waals surface area contributed by atoms with E-state index >= 15 is 0 Å². The van der Waals surface area contributed by atoms with Crippen molar-refractivity contribution >= 4 is 0 Å². The van der Waals surface area contributed by atoms with Crippen LogP contribution in [0.2, 0.25) is 0 Å². The van der Waals surface area contributed by atoms with E-state index in [2.05, 4.69) is 58.0 Å². The Hall–Kier alpha value is -1.76. The summed E-state index contributed by atoms with van der Waals surface area (Å²) < 4.78 is 5.56. The number of ether oxygens (including phenoxy) is 1. The van der Waals surface area contributed by atoms with Crippen LogP contribution in [-0.2, 0) is 12.8 Å². The van der Waals surface area contributed by atoms with Gasteiger partial charge in [0.15, 0.2) is 0 Å². The van der Waals surface area contributed by atoms with Crippen LogP contribution in [0.4, 0.5) is 0 Å². The molecule has 0 radical (unpaired) electrons. The van der Waals surface area contributed by atoms with Gasteiger partial charge in [-0.2, -0.15) is 0 Å². The van der Waals surface area contributed by atoms with Gasteiger partial charge in [0.2, 0.25) is 0 Å². The Kier molecular flexibility index (Phi) is 4.49. The molecule has 0 atom stereocenters. The van der Waals surface area contributed by atoms with Crippen LogP contribution < -0.4 is 4.74 Å². The molecule has 20 heavy (non-hydrogen) atoms. The number of hydrogen-bond donors (Lipinski definition) is 0. The fourth-order valence-electron chi connectivity index (χ4n) is 2.95. The van der Waals surface area contributed by atoms with Crippen LogP contribution in [0.25, 0.3) is 0 Å². The van der Waals surface area contributed by atoms with E-state index in [4.69, 9.17) is 4.74 Å². The van der Waals surface area contributed by atoms with E-state index < -0.39 is 0 Å². The predicted molar refractivity (Wildman–Crippen MR) is 85.8 cm³/mol. The molecule has 0 saturated heterocycles. The Morgan fingerprint density at radius 2 is 1.30 bits per heavy atom. The van der Waals surface area contributed by atoms with Gasteiger partial charge in [-0.25, -0.2) is 0 Å². The fraction of sp³-hybridized carbons (Fsp3) is 0.368. The molecular weight excluding hydrogens is 244 g/mol. The van der Waals surface area contributed by atoms with E-state index in [1.54, 1.807) is 7.11 Å². The average Bonchev–Trinajstić information content (AvgIpc) is 2.47. The van der Waals surface area contributed by atoms with Crippen LogP contribution in [-0.4, -0.2) is 7.11 Å². The zero-order valence-electron chi connectivity index (χ0n) is 13.2. The minimum Gasteiger partial charge on any atom is -0.496 e. The summed E-state index contributed by atoms with van der Waals surface area (Å²) in [6, 6.07) is 10.7. The first-order valence-corrected chi connectivity index (χ1v) is 7.23. The number of rotatable bonds is 4. The molecule has 0 aliphatic rings. The summed E-state index contributed by atoms with van der Waals surface area (Å²) >= 11 is 0. The molecule has 0 bridgehead atoms. The molecule has 0 saturated carbocycles. The van der Waals surface area contributed by atoms with Crippen molar-refractivity contribution in [3.63, 3.8) is 0 Å². The summed E-state index contributed by atoms with van der Waals surface area (Å²) in [7, 11) is 1.76. The normalized spacial score (nSPS) is 10.7. The van der Waals surface area contributed by atoms with E-state index in [1.807, 2.05) is 0 Å². The van der Waals surface area contributed by atoms with Gasteiger partial charge in [-0.1, -0.05) is 30.3 Å². The van der Waals surface area contributed by atoms with Crippen molar-refractivity contribution in [1.82, 2.24) is 0 Å². The lowest BCUT2D eigenvalue weighted by atomic mass is 9.89. The molecule has 2 aromatic rings. The molecule has 1 heteroatoms. The highest BCUT2D eigenvalue weighted by molar-refractivity contribution is 5.54. The van der Waals surface area contributed by atoms with Crippen molar-refractivity contribution in [3.05, 3.63) is 63.7 Å².